The van der Waals surface area contributed by atoms with Crippen molar-refractivity contribution < 1.29 is 14.4 Å². The lowest BCUT2D eigenvalue weighted by molar-refractivity contribution is -0.127. The number of amides is 4. The fourth-order valence-corrected chi connectivity index (χ4v) is 2.58. The molecule has 1 aliphatic carbocycles. The summed E-state index contributed by atoms with van der Waals surface area (Å²) in [4.78, 5) is 34.5. The average molecular weight is 265 g/mol. The van der Waals surface area contributed by atoms with Crippen molar-refractivity contribution in [2.45, 2.75) is 27.7 Å². The minimum Gasteiger partial charge on any atom is -0.275 e. The highest BCUT2D eigenvalue weighted by Crippen LogP contribution is 2.59. The summed E-state index contributed by atoms with van der Waals surface area (Å²) < 4.78 is 0. The van der Waals surface area contributed by atoms with Crippen molar-refractivity contribution in [3.05, 3.63) is 11.6 Å². The Hall–Kier alpha value is -1.85. The number of nitrogens with zero attached hydrogens (tertiary/aromatic N) is 1. The average Bonchev–Trinajstić information content (AvgIpc) is 2.60. The van der Waals surface area contributed by atoms with E-state index in [-0.39, 0.29) is 29.7 Å². The molecule has 2 fully saturated rings. The standard InChI is InChI=1S/C13H19N3O3/c1-7(2)5-8-10(13(8,3)4)11(18)15-16-6-9(17)14-12(16)19/h5,8,10H,6H2,1-4H3,(H,15,18)(H,14,17,19)/t8-,10+/m0/s1. The van der Waals surface area contributed by atoms with E-state index in [9.17, 15) is 14.4 Å². The summed E-state index contributed by atoms with van der Waals surface area (Å²) in [5.41, 5.74) is 3.57. The predicted molar refractivity (Wildman–Crippen MR) is 68.6 cm³/mol. The van der Waals surface area contributed by atoms with Crippen molar-refractivity contribution in [2.75, 3.05) is 6.54 Å². The van der Waals surface area contributed by atoms with Gasteiger partial charge in [-0.3, -0.25) is 20.3 Å². The van der Waals surface area contributed by atoms with Gasteiger partial charge in [-0.15, -0.1) is 0 Å². The van der Waals surface area contributed by atoms with Crippen LogP contribution in [0.25, 0.3) is 0 Å². The highest BCUT2D eigenvalue weighted by molar-refractivity contribution is 6.02. The van der Waals surface area contributed by atoms with Crippen LogP contribution in [0.5, 0.6) is 0 Å². The molecule has 0 aromatic rings. The van der Waals surface area contributed by atoms with Gasteiger partial charge in [0.05, 0.1) is 5.92 Å². The molecule has 2 aliphatic rings. The number of imide groups is 1. The molecule has 0 aromatic heterocycles. The van der Waals surface area contributed by atoms with Crippen molar-refractivity contribution in [3.63, 3.8) is 0 Å². The molecule has 6 heteroatoms. The molecule has 0 unspecified atom stereocenters. The zero-order valence-corrected chi connectivity index (χ0v) is 11.6. The molecule has 2 rings (SSSR count). The second-order valence-electron chi connectivity index (χ2n) is 5.98. The topological polar surface area (TPSA) is 78.5 Å². The highest BCUT2D eigenvalue weighted by Gasteiger charge is 2.60. The highest BCUT2D eigenvalue weighted by atomic mass is 16.2. The molecule has 4 amide bonds. The Labute approximate surface area is 112 Å². The van der Waals surface area contributed by atoms with Crippen LogP contribution < -0.4 is 10.7 Å². The van der Waals surface area contributed by atoms with E-state index in [1.165, 1.54) is 5.57 Å². The van der Waals surface area contributed by atoms with Gasteiger partial charge >= 0.3 is 6.03 Å². The minimum absolute atomic E-state index is 0.110. The van der Waals surface area contributed by atoms with Gasteiger partial charge in [0.25, 0.3) is 0 Å². The monoisotopic (exact) mass is 265 g/mol. The van der Waals surface area contributed by atoms with Crippen LogP contribution in [0.1, 0.15) is 27.7 Å². The SMILES string of the molecule is CC(C)=C[C@H]1[C@H](C(=O)NN2CC(=O)NC2=O)C1(C)C. The van der Waals surface area contributed by atoms with E-state index in [4.69, 9.17) is 0 Å². The van der Waals surface area contributed by atoms with E-state index in [0.29, 0.717) is 0 Å². The molecular formula is C13H19N3O3. The van der Waals surface area contributed by atoms with Gasteiger partial charge in [-0.2, -0.15) is 0 Å². The number of hydrogen-bond acceptors (Lipinski definition) is 3. The molecule has 1 heterocycles. The normalized spacial score (nSPS) is 27.9. The molecule has 0 radical (unpaired) electrons. The first-order valence-electron chi connectivity index (χ1n) is 6.30. The Morgan fingerprint density at radius 3 is 2.53 bits per heavy atom. The summed E-state index contributed by atoms with van der Waals surface area (Å²) in [6.45, 7) is 7.92. The van der Waals surface area contributed by atoms with Crippen LogP contribution in [-0.4, -0.2) is 29.4 Å². The summed E-state index contributed by atoms with van der Waals surface area (Å²) in [6.07, 6.45) is 2.08. The third-order valence-corrected chi connectivity index (χ3v) is 3.74. The maximum Gasteiger partial charge on any atom is 0.343 e. The van der Waals surface area contributed by atoms with E-state index in [1.807, 2.05) is 27.7 Å². The lowest BCUT2D eigenvalue weighted by atomic mass is 10.1. The van der Waals surface area contributed by atoms with Gasteiger partial charge in [-0.05, 0) is 25.2 Å². The van der Waals surface area contributed by atoms with Crippen LogP contribution in [0, 0.1) is 17.3 Å². The van der Waals surface area contributed by atoms with E-state index in [1.54, 1.807) is 0 Å². The molecular weight excluding hydrogens is 246 g/mol. The Bertz CT molecular complexity index is 478. The molecule has 1 aliphatic heterocycles. The second-order valence-corrected chi connectivity index (χ2v) is 5.98. The molecule has 6 nitrogen and oxygen atoms in total. The number of carbonyl (C=O) groups excluding carboxylic acids is 3. The van der Waals surface area contributed by atoms with Crippen LogP contribution in [0.4, 0.5) is 4.79 Å². The van der Waals surface area contributed by atoms with Crippen LogP contribution >= 0.6 is 0 Å². The van der Waals surface area contributed by atoms with E-state index >= 15 is 0 Å². The molecule has 0 spiro atoms. The molecule has 1 saturated carbocycles. The van der Waals surface area contributed by atoms with E-state index in [2.05, 4.69) is 16.8 Å². The first-order chi connectivity index (χ1) is 8.73. The van der Waals surface area contributed by atoms with Crippen molar-refractivity contribution in [3.8, 4) is 0 Å². The maximum atomic E-state index is 12.1. The molecule has 0 aromatic carbocycles. The Kier molecular flexibility index (Phi) is 3.12. The molecule has 2 N–H and O–H groups in total. The Morgan fingerprint density at radius 1 is 1.42 bits per heavy atom. The smallest absolute Gasteiger partial charge is 0.275 e. The summed E-state index contributed by atoms with van der Waals surface area (Å²) in [5.74, 6) is -0.594. The first-order valence-corrected chi connectivity index (χ1v) is 6.30. The van der Waals surface area contributed by atoms with Crippen molar-refractivity contribution in [2.24, 2.45) is 17.3 Å². The number of hydrazine groups is 1. The molecule has 1 saturated heterocycles. The quantitative estimate of drug-likeness (QED) is 0.585. The Morgan fingerprint density at radius 2 is 2.05 bits per heavy atom. The van der Waals surface area contributed by atoms with Gasteiger partial charge in [0.1, 0.15) is 6.54 Å². The van der Waals surface area contributed by atoms with E-state index < -0.39 is 11.9 Å². The fraction of sp³-hybridized carbons (Fsp3) is 0.615. The largest absolute Gasteiger partial charge is 0.343 e. The molecule has 104 valence electrons. The summed E-state index contributed by atoms with van der Waals surface area (Å²) >= 11 is 0. The number of nitrogens with one attached hydrogen (secondary N) is 2. The maximum absolute atomic E-state index is 12.1. The molecule has 19 heavy (non-hydrogen) atoms. The zero-order chi connectivity index (χ0) is 14.4. The van der Waals surface area contributed by atoms with Crippen LogP contribution in [0.3, 0.4) is 0 Å². The predicted octanol–water partition coefficient (Wildman–Crippen LogP) is 0.808. The third-order valence-electron chi connectivity index (χ3n) is 3.74. The number of rotatable bonds is 3. The molecule has 2 atom stereocenters. The van der Waals surface area contributed by atoms with Crippen molar-refractivity contribution in [1.29, 1.82) is 0 Å². The van der Waals surface area contributed by atoms with Crippen molar-refractivity contribution >= 4 is 17.8 Å². The minimum atomic E-state index is -0.574. The number of allylic oxidation sites excluding steroid dienone is 2. The number of urea groups is 1. The number of carbonyl (C=O) groups is 3. The second kappa shape index (κ2) is 4.36. The van der Waals surface area contributed by atoms with Crippen LogP contribution in [-0.2, 0) is 9.59 Å². The van der Waals surface area contributed by atoms with Gasteiger partial charge < -0.3 is 0 Å². The van der Waals surface area contributed by atoms with Crippen LogP contribution in [0.15, 0.2) is 11.6 Å². The van der Waals surface area contributed by atoms with Gasteiger partial charge in [0, 0.05) is 0 Å². The Balaban J connectivity index is 2.00. The fourth-order valence-electron chi connectivity index (χ4n) is 2.58. The summed E-state index contributed by atoms with van der Waals surface area (Å²) in [7, 11) is 0. The van der Waals surface area contributed by atoms with Gasteiger partial charge in [0.15, 0.2) is 0 Å². The van der Waals surface area contributed by atoms with Gasteiger partial charge in [-0.25, -0.2) is 9.80 Å². The van der Waals surface area contributed by atoms with Crippen molar-refractivity contribution in [1.82, 2.24) is 15.8 Å². The summed E-state index contributed by atoms with van der Waals surface area (Å²) in [6, 6.07) is -0.574. The first kappa shape index (κ1) is 13.6. The van der Waals surface area contributed by atoms with E-state index in [0.717, 1.165) is 5.01 Å². The van der Waals surface area contributed by atoms with Gasteiger partial charge in [0.2, 0.25) is 11.8 Å². The molecule has 0 bridgehead atoms. The zero-order valence-electron chi connectivity index (χ0n) is 11.6. The third kappa shape index (κ3) is 2.47. The number of hydrogen-bond donors (Lipinski definition) is 2. The lowest BCUT2D eigenvalue weighted by Crippen LogP contribution is -2.45. The van der Waals surface area contributed by atoms with Crippen LogP contribution in [0.2, 0.25) is 0 Å². The van der Waals surface area contributed by atoms with Gasteiger partial charge in [-0.1, -0.05) is 25.5 Å². The lowest BCUT2D eigenvalue weighted by Gasteiger charge is -2.14. The summed E-state index contributed by atoms with van der Waals surface area (Å²) in [5, 5.41) is 3.14.